The molecule has 0 fully saturated rings. The lowest BCUT2D eigenvalue weighted by molar-refractivity contribution is 0.144. The van der Waals surface area contributed by atoms with Gasteiger partial charge in [0.25, 0.3) is 0 Å². The van der Waals surface area contributed by atoms with Crippen molar-refractivity contribution in [3.63, 3.8) is 0 Å². The number of aliphatic hydroxyl groups excluding tert-OH is 1. The fourth-order valence-corrected chi connectivity index (χ4v) is 4.36. The predicted molar refractivity (Wildman–Crippen MR) is 112 cm³/mol. The summed E-state index contributed by atoms with van der Waals surface area (Å²) >= 11 is 0. The standard InChI is InChI=1S/C21H18F5N3O2S/c22-32(23,24,25,26)15-5-6-16(13-7-9-27-10-8-13)18(12-15)28-21(31)29-20-17-4-2-1-3-14(17)11-19(20)30/h1-10,12,19-20,30H,11H2,(H2,28,29,31). The Labute approximate surface area is 180 Å². The van der Waals surface area contributed by atoms with Gasteiger partial charge in [0.1, 0.15) is 4.90 Å². The fraction of sp³-hybridized carbons (Fsp3) is 0.143. The van der Waals surface area contributed by atoms with Gasteiger partial charge in [-0.25, -0.2) is 4.79 Å². The van der Waals surface area contributed by atoms with Gasteiger partial charge in [0.05, 0.1) is 17.8 Å². The summed E-state index contributed by atoms with van der Waals surface area (Å²) in [5.74, 6) is 0. The number of amides is 2. The van der Waals surface area contributed by atoms with Gasteiger partial charge in [-0.3, -0.25) is 4.98 Å². The van der Waals surface area contributed by atoms with E-state index in [1.54, 1.807) is 24.3 Å². The van der Waals surface area contributed by atoms with Gasteiger partial charge in [-0.05, 0) is 41.0 Å². The van der Waals surface area contributed by atoms with Gasteiger partial charge in [-0.1, -0.05) is 49.8 Å². The molecule has 1 heterocycles. The summed E-state index contributed by atoms with van der Waals surface area (Å²) in [6.07, 6.45) is 2.12. The topological polar surface area (TPSA) is 74.2 Å². The molecule has 170 valence electrons. The van der Waals surface area contributed by atoms with Crippen LogP contribution < -0.4 is 10.6 Å². The highest BCUT2D eigenvalue weighted by atomic mass is 32.5. The largest absolute Gasteiger partial charge is 0.390 e. The number of benzene rings is 2. The lowest BCUT2D eigenvalue weighted by Crippen LogP contribution is -2.37. The molecule has 1 aliphatic rings. The third-order valence-corrected chi connectivity index (χ3v) is 6.31. The van der Waals surface area contributed by atoms with Crippen LogP contribution in [-0.2, 0) is 6.42 Å². The van der Waals surface area contributed by atoms with Gasteiger partial charge < -0.3 is 15.7 Å². The van der Waals surface area contributed by atoms with Crippen LogP contribution in [0.4, 0.5) is 29.9 Å². The van der Waals surface area contributed by atoms with Crippen molar-refractivity contribution in [3.05, 3.63) is 78.1 Å². The molecule has 3 aromatic rings. The zero-order valence-corrected chi connectivity index (χ0v) is 17.1. The number of fused-ring (bicyclic) bond motifs is 1. The third kappa shape index (κ3) is 4.53. The highest BCUT2D eigenvalue weighted by Crippen LogP contribution is 3.02. The first-order chi connectivity index (χ1) is 14.8. The molecule has 0 aliphatic heterocycles. The molecule has 3 N–H and O–H groups in total. The Hall–Kier alpha value is -3.18. The quantitative estimate of drug-likeness (QED) is 0.398. The molecule has 2 atom stereocenters. The van der Waals surface area contributed by atoms with E-state index in [-0.39, 0.29) is 17.7 Å². The van der Waals surface area contributed by atoms with E-state index in [0.29, 0.717) is 17.5 Å². The Morgan fingerprint density at radius 3 is 2.38 bits per heavy atom. The van der Waals surface area contributed by atoms with Crippen LogP contribution >= 0.6 is 10.2 Å². The molecule has 1 aromatic heterocycles. The van der Waals surface area contributed by atoms with Crippen molar-refractivity contribution in [2.75, 3.05) is 5.32 Å². The Morgan fingerprint density at radius 2 is 1.69 bits per heavy atom. The average molecular weight is 471 g/mol. The highest BCUT2D eigenvalue weighted by Gasteiger charge is 2.65. The molecule has 0 saturated carbocycles. The van der Waals surface area contributed by atoms with Crippen LogP contribution in [0.15, 0.2) is 71.9 Å². The summed E-state index contributed by atoms with van der Waals surface area (Å²) in [6.45, 7) is 0. The lowest BCUT2D eigenvalue weighted by Gasteiger charge is -2.40. The molecular formula is C21H18F5N3O2S. The first kappa shape index (κ1) is 22.0. The second-order valence-corrected chi connectivity index (χ2v) is 9.87. The molecule has 0 radical (unpaired) electrons. The molecule has 5 nitrogen and oxygen atoms in total. The third-order valence-electron chi connectivity index (χ3n) is 5.17. The average Bonchev–Trinajstić information content (AvgIpc) is 3.02. The number of urea groups is 1. The van der Waals surface area contributed by atoms with Crippen molar-refractivity contribution in [1.82, 2.24) is 10.3 Å². The molecule has 2 unspecified atom stereocenters. The first-order valence-electron chi connectivity index (χ1n) is 9.44. The Bertz CT molecular complexity index is 1190. The van der Waals surface area contributed by atoms with E-state index >= 15 is 0 Å². The van der Waals surface area contributed by atoms with Crippen LogP contribution in [0.3, 0.4) is 0 Å². The molecular weight excluding hydrogens is 453 g/mol. The maximum Gasteiger partial charge on any atom is 0.319 e. The van der Waals surface area contributed by atoms with E-state index in [1.807, 2.05) is 0 Å². The SMILES string of the molecule is O=C(Nc1cc(S(F)(F)(F)(F)F)ccc1-c1ccncc1)NC1c2ccccc2CC1O. The summed E-state index contributed by atoms with van der Waals surface area (Å²) in [4.78, 5) is 14.3. The fourth-order valence-electron chi connectivity index (χ4n) is 3.70. The van der Waals surface area contributed by atoms with Crippen molar-refractivity contribution in [2.24, 2.45) is 0 Å². The van der Waals surface area contributed by atoms with E-state index in [4.69, 9.17) is 0 Å². The molecule has 32 heavy (non-hydrogen) atoms. The molecule has 4 rings (SSSR count). The number of rotatable bonds is 4. The molecule has 2 amide bonds. The number of nitrogens with zero attached hydrogens (tertiary/aromatic N) is 1. The van der Waals surface area contributed by atoms with Crippen LogP contribution in [-0.4, -0.2) is 22.2 Å². The zero-order valence-electron chi connectivity index (χ0n) is 16.3. The van der Waals surface area contributed by atoms with Crippen molar-refractivity contribution in [3.8, 4) is 11.1 Å². The Morgan fingerprint density at radius 1 is 1.00 bits per heavy atom. The van der Waals surface area contributed by atoms with Gasteiger partial charge in [0.2, 0.25) is 0 Å². The van der Waals surface area contributed by atoms with Gasteiger partial charge >= 0.3 is 16.3 Å². The number of hydrogen-bond acceptors (Lipinski definition) is 3. The number of carbonyl (C=O) groups excluding carboxylic acids is 1. The van der Waals surface area contributed by atoms with Crippen molar-refractivity contribution >= 4 is 21.9 Å². The van der Waals surface area contributed by atoms with E-state index in [2.05, 4.69) is 15.6 Å². The van der Waals surface area contributed by atoms with E-state index in [9.17, 15) is 29.3 Å². The predicted octanol–water partition coefficient (Wildman–Crippen LogP) is 6.19. The number of hydrogen-bond donors (Lipinski definition) is 3. The molecule has 0 saturated heterocycles. The summed E-state index contributed by atoms with van der Waals surface area (Å²) in [7, 11) is -9.98. The number of aliphatic hydroxyl groups is 1. The number of aromatic nitrogens is 1. The van der Waals surface area contributed by atoms with E-state index < -0.39 is 39.0 Å². The number of halogens is 5. The van der Waals surface area contributed by atoms with Crippen molar-refractivity contribution < 1.29 is 29.3 Å². The minimum atomic E-state index is -9.98. The molecule has 1 aliphatic carbocycles. The summed E-state index contributed by atoms with van der Waals surface area (Å²) < 4.78 is 66.9. The summed E-state index contributed by atoms with van der Waals surface area (Å²) in [6, 6.07) is 9.58. The van der Waals surface area contributed by atoms with Crippen LogP contribution in [0.2, 0.25) is 0 Å². The number of carbonyl (C=O) groups is 1. The minimum absolute atomic E-state index is 0.0977. The van der Waals surface area contributed by atoms with Gasteiger partial charge in [0.15, 0.2) is 0 Å². The van der Waals surface area contributed by atoms with Crippen molar-refractivity contribution in [2.45, 2.75) is 23.5 Å². The monoisotopic (exact) mass is 471 g/mol. The van der Waals surface area contributed by atoms with Gasteiger partial charge in [0, 0.05) is 24.4 Å². The smallest absolute Gasteiger partial charge is 0.319 e. The number of pyridine rings is 1. The van der Waals surface area contributed by atoms with Crippen LogP contribution in [0.25, 0.3) is 11.1 Å². The molecule has 11 heteroatoms. The van der Waals surface area contributed by atoms with Crippen LogP contribution in [0.5, 0.6) is 0 Å². The number of anilines is 1. The second kappa shape index (κ2) is 6.91. The van der Waals surface area contributed by atoms with Gasteiger partial charge in [-0.2, -0.15) is 0 Å². The van der Waals surface area contributed by atoms with Crippen LogP contribution in [0.1, 0.15) is 17.2 Å². The number of nitrogens with one attached hydrogen (secondary N) is 2. The lowest BCUT2D eigenvalue weighted by atomic mass is 10.0. The Balaban J connectivity index is 1.68. The molecule has 0 bridgehead atoms. The van der Waals surface area contributed by atoms with E-state index in [0.717, 1.165) is 11.6 Å². The summed E-state index contributed by atoms with van der Waals surface area (Å²) in [5.41, 5.74) is 1.51. The minimum Gasteiger partial charge on any atom is -0.390 e. The van der Waals surface area contributed by atoms with E-state index in [1.165, 1.54) is 24.5 Å². The highest BCUT2D eigenvalue weighted by molar-refractivity contribution is 8.45. The zero-order chi connectivity index (χ0) is 23.2. The molecule has 2 aromatic carbocycles. The molecule has 0 spiro atoms. The first-order valence-corrected chi connectivity index (χ1v) is 11.4. The summed E-state index contributed by atoms with van der Waals surface area (Å²) in [5, 5.41) is 15.0. The van der Waals surface area contributed by atoms with Crippen molar-refractivity contribution in [1.29, 1.82) is 0 Å². The normalized spacial score (nSPS) is 20.1. The maximum atomic E-state index is 13.4. The van der Waals surface area contributed by atoms with Gasteiger partial charge in [-0.15, -0.1) is 0 Å². The van der Waals surface area contributed by atoms with Crippen LogP contribution in [0, 0.1) is 0 Å². The Kier molecular flexibility index (Phi) is 4.76. The second-order valence-electron chi connectivity index (χ2n) is 7.46. The maximum absolute atomic E-state index is 13.4.